The van der Waals surface area contributed by atoms with E-state index in [4.69, 9.17) is 4.74 Å². The van der Waals surface area contributed by atoms with Crippen molar-refractivity contribution in [3.05, 3.63) is 0 Å². The van der Waals surface area contributed by atoms with Gasteiger partial charge in [0.25, 0.3) is 0 Å². The first kappa shape index (κ1) is 13.3. The fourth-order valence-corrected chi connectivity index (χ4v) is 3.22. The predicted molar refractivity (Wildman–Crippen MR) is 71.3 cm³/mol. The van der Waals surface area contributed by atoms with Crippen LogP contribution in [0, 0.1) is 0 Å². The molecule has 0 amide bonds. The van der Waals surface area contributed by atoms with Crippen molar-refractivity contribution < 1.29 is 4.74 Å². The van der Waals surface area contributed by atoms with Gasteiger partial charge in [-0.1, -0.05) is 12.8 Å². The second-order valence-corrected chi connectivity index (χ2v) is 6.56. The van der Waals surface area contributed by atoms with E-state index in [1.807, 2.05) is 0 Å². The molecule has 3 heteroatoms. The second kappa shape index (κ2) is 5.25. The number of ether oxygens (including phenoxy) is 1. The molecule has 0 unspecified atom stereocenters. The average Bonchev–Trinajstić information content (AvgIpc) is 2.69. The third-order valence-electron chi connectivity index (χ3n) is 4.11. The molecule has 2 rings (SSSR count). The van der Waals surface area contributed by atoms with E-state index >= 15 is 0 Å². The molecule has 100 valence electrons. The highest BCUT2D eigenvalue weighted by Gasteiger charge is 2.40. The summed E-state index contributed by atoms with van der Waals surface area (Å²) in [6.07, 6.45) is 5.54. The first-order chi connectivity index (χ1) is 8.02. The van der Waals surface area contributed by atoms with Gasteiger partial charge in [-0.15, -0.1) is 0 Å². The van der Waals surface area contributed by atoms with Gasteiger partial charge < -0.3 is 10.1 Å². The van der Waals surface area contributed by atoms with Crippen molar-refractivity contribution in [3.63, 3.8) is 0 Å². The van der Waals surface area contributed by atoms with E-state index in [2.05, 4.69) is 31.0 Å². The van der Waals surface area contributed by atoms with Gasteiger partial charge in [0.05, 0.1) is 12.2 Å². The molecule has 2 fully saturated rings. The minimum Gasteiger partial charge on any atom is -0.375 e. The van der Waals surface area contributed by atoms with Crippen LogP contribution in [0.3, 0.4) is 0 Å². The lowest BCUT2D eigenvalue weighted by Gasteiger charge is -2.45. The van der Waals surface area contributed by atoms with Crippen molar-refractivity contribution in [3.8, 4) is 0 Å². The molecule has 0 aromatic rings. The van der Waals surface area contributed by atoms with Gasteiger partial charge in [-0.3, -0.25) is 4.90 Å². The Morgan fingerprint density at radius 3 is 2.59 bits per heavy atom. The number of piperazine rings is 1. The third kappa shape index (κ3) is 3.43. The maximum Gasteiger partial charge on any atom is 0.0600 e. The second-order valence-electron chi connectivity index (χ2n) is 6.56. The Morgan fingerprint density at radius 2 is 1.94 bits per heavy atom. The summed E-state index contributed by atoms with van der Waals surface area (Å²) < 4.78 is 5.87. The topological polar surface area (TPSA) is 24.5 Å². The van der Waals surface area contributed by atoms with E-state index < -0.39 is 0 Å². The van der Waals surface area contributed by atoms with Crippen LogP contribution in [0.1, 0.15) is 46.5 Å². The molecular weight excluding hydrogens is 212 g/mol. The summed E-state index contributed by atoms with van der Waals surface area (Å²) in [6, 6.07) is 0. The van der Waals surface area contributed by atoms with Crippen LogP contribution in [-0.2, 0) is 4.74 Å². The molecule has 1 saturated carbocycles. The maximum absolute atomic E-state index is 5.87. The molecule has 0 aromatic heterocycles. The van der Waals surface area contributed by atoms with E-state index in [9.17, 15) is 0 Å². The molecule has 1 saturated heterocycles. The molecule has 17 heavy (non-hydrogen) atoms. The zero-order valence-corrected chi connectivity index (χ0v) is 11.7. The molecule has 0 aromatic carbocycles. The smallest absolute Gasteiger partial charge is 0.0600 e. The van der Waals surface area contributed by atoms with Gasteiger partial charge in [-0.25, -0.2) is 0 Å². The van der Waals surface area contributed by atoms with Gasteiger partial charge in [-0.05, 0) is 33.6 Å². The van der Waals surface area contributed by atoms with E-state index in [0.717, 1.165) is 19.7 Å². The van der Waals surface area contributed by atoms with Gasteiger partial charge in [-0.2, -0.15) is 0 Å². The molecule has 1 heterocycles. The predicted octanol–water partition coefficient (Wildman–Crippen LogP) is 2.02. The van der Waals surface area contributed by atoms with E-state index in [0.29, 0.717) is 5.54 Å². The van der Waals surface area contributed by atoms with Gasteiger partial charge in [0.15, 0.2) is 0 Å². The lowest BCUT2D eigenvalue weighted by Crippen LogP contribution is -2.60. The molecule has 0 radical (unpaired) electrons. The summed E-state index contributed by atoms with van der Waals surface area (Å²) >= 11 is 0. The molecule has 1 spiro atoms. The Hall–Kier alpha value is -0.120. The van der Waals surface area contributed by atoms with Crippen LogP contribution in [0.4, 0.5) is 0 Å². The highest BCUT2D eigenvalue weighted by atomic mass is 16.5. The standard InChI is InChI=1S/C14H28N2O/c1-13(2,3)17-11-10-16-9-8-15-12-14(16)6-4-5-7-14/h15H,4-12H2,1-3H3. The van der Waals surface area contributed by atoms with Crippen LogP contribution >= 0.6 is 0 Å². The highest BCUT2D eigenvalue weighted by Crippen LogP contribution is 2.35. The van der Waals surface area contributed by atoms with Gasteiger partial charge in [0, 0.05) is 31.7 Å². The van der Waals surface area contributed by atoms with Crippen LogP contribution < -0.4 is 5.32 Å². The highest BCUT2D eigenvalue weighted by molar-refractivity contribution is 4.99. The molecular formula is C14H28N2O. The zero-order valence-electron chi connectivity index (χ0n) is 11.7. The van der Waals surface area contributed by atoms with Crippen LogP contribution in [0.5, 0.6) is 0 Å². The minimum absolute atomic E-state index is 0.00310. The fourth-order valence-electron chi connectivity index (χ4n) is 3.22. The van der Waals surface area contributed by atoms with E-state index in [-0.39, 0.29) is 5.60 Å². The SMILES string of the molecule is CC(C)(C)OCCN1CCNCC12CCCC2. The largest absolute Gasteiger partial charge is 0.375 e. The normalized spacial score (nSPS) is 25.6. The van der Waals surface area contributed by atoms with Crippen molar-refractivity contribution >= 4 is 0 Å². The first-order valence-electron chi connectivity index (χ1n) is 7.12. The summed E-state index contributed by atoms with van der Waals surface area (Å²) in [5.41, 5.74) is 0.455. The first-order valence-corrected chi connectivity index (χ1v) is 7.12. The fraction of sp³-hybridized carbons (Fsp3) is 1.00. The maximum atomic E-state index is 5.87. The Bertz CT molecular complexity index is 241. The third-order valence-corrected chi connectivity index (χ3v) is 4.11. The van der Waals surface area contributed by atoms with Crippen molar-refractivity contribution in [1.82, 2.24) is 10.2 Å². The van der Waals surface area contributed by atoms with Crippen LogP contribution in [-0.4, -0.2) is 48.8 Å². The number of hydrogen-bond donors (Lipinski definition) is 1. The van der Waals surface area contributed by atoms with Crippen molar-refractivity contribution in [2.24, 2.45) is 0 Å². The Labute approximate surface area is 106 Å². The number of hydrogen-bond acceptors (Lipinski definition) is 3. The quantitative estimate of drug-likeness (QED) is 0.817. The number of rotatable bonds is 3. The van der Waals surface area contributed by atoms with Gasteiger partial charge in [0.1, 0.15) is 0 Å². The summed E-state index contributed by atoms with van der Waals surface area (Å²) in [5.74, 6) is 0. The monoisotopic (exact) mass is 240 g/mol. The summed E-state index contributed by atoms with van der Waals surface area (Å²) in [7, 11) is 0. The molecule has 1 aliphatic carbocycles. The summed E-state index contributed by atoms with van der Waals surface area (Å²) in [5, 5.41) is 3.57. The van der Waals surface area contributed by atoms with Crippen LogP contribution in [0.15, 0.2) is 0 Å². The Morgan fingerprint density at radius 1 is 1.24 bits per heavy atom. The summed E-state index contributed by atoms with van der Waals surface area (Å²) in [6.45, 7) is 11.9. The van der Waals surface area contributed by atoms with Gasteiger partial charge >= 0.3 is 0 Å². The Kier molecular flexibility index (Phi) is 4.11. The lowest BCUT2D eigenvalue weighted by molar-refractivity contribution is -0.0337. The zero-order chi connectivity index (χ0) is 12.4. The number of nitrogens with zero attached hydrogens (tertiary/aromatic N) is 1. The molecule has 1 N–H and O–H groups in total. The lowest BCUT2D eigenvalue weighted by atomic mass is 9.93. The van der Waals surface area contributed by atoms with E-state index in [1.54, 1.807) is 0 Å². The van der Waals surface area contributed by atoms with Crippen LogP contribution in [0.2, 0.25) is 0 Å². The molecule has 0 atom stereocenters. The van der Waals surface area contributed by atoms with E-state index in [1.165, 1.54) is 38.8 Å². The van der Waals surface area contributed by atoms with Crippen molar-refractivity contribution in [2.75, 3.05) is 32.8 Å². The molecule has 1 aliphatic heterocycles. The van der Waals surface area contributed by atoms with Crippen molar-refractivity contribution in [2.45, 2.75) is 57.6 Å². The Balaban J connectivity index is 1.85. The number of nitrogens with one attached hydrogen (secondary N) is 1. The molecule has 3 nitrogen and oxygen atoms in total. The average molecular weight is 240 g/mol. The molecule has 0 bridgehead atoms. The molecule has 2 aliphatic rings. The van der Waals surface area contributed by atoms with Crippen molar-refractivity contribution in [1.29, 1.82) is 0 Å². The van der Waals surface area contributed by atoms with Gasteiger partial charge in [0.2, 0.25) is 0 Å². The summed E-state index contributed by atoms with van der Waals surface area (Å²) in [4.78, 5) is 2.68. The minimum atomic E-state index is -0.00310. The van der Waals surface area contributed by atoms with Crippen LogP contribution in [0.25, 0.3) is 0 Å².